The van der Waals surface area contributed by atoms with Crippen LogP contribution < -0.4 is 10.6 Å². The van der Waals surface area contributed by atoms with Gasteiger partial charge in [0.1, 0.15) is 6.10 Å². The number of hydrogen-bond acceptors (Lipinski definition) is 6. The van der Waals surface area contributed by atoms with Crippen LogP contribution in [0.2, 0.25) is 0 Å². The van der Waals surface area contributed by atoms with Crippen molar-refractivity contribution in [3.63, 3.8) is 0 Å². The highest BCUT2D eigenvalue weighted by atomic mass is 32.1. The summed E-state index contributed by atoms with van der Waals surface area (Å²) in [7, 11) is 1.69. The van der Waals surface area contributed by atoms with Crippen LogP contribution in [0.5, 0.6) is 0 Å². The van der Waals surface area contributed by atoms with Crippen molar-refractivity contribution in [3.05, 3.63) is 29.1 Å². The van der Waals surface area contributed by atoms with Crippen molar-refractivity contribution in [3.8, 4) is 0 Å². The largest absolute Gasteiger partial charge is 0.417 e. The van der Waals surface area contributed by atoms with Gasteiger partial charge in [0.05, 0.1) is 23.6 Å². The third kappa shape index (κ3) is 7.80. The summed E-state index contributed by atoms with van der Waals surface area (Å²) >= 11 is 11.9. The van der Waals surface area contributed by atoms with Crippen molar-refractivity contribution >= 4 is 40.6 Å². The topological polar surface area (TPSA) is 82.2 Å². The van der Waals surface area contributed by atoms with Crippen LogP contribution in [0.15, 0.2) is 12.3 Å². The summed E-state index contributed by atoms with van der Waals surface area (Å²) in [5.74, 6) is 0.746. The average molecular weight is 699 g/mol. The van der Waals surface area contributed by atoms with Gasteiger partial charge in [-0.05, 0) is 73.1 Å². The van der Waals surface area contributed by atoms with E-state index in [-0.39, 0.29) is 36.6 Å². The Hall–Kier alpha value is -2.29. The van der Waals surface area contributed by atoms with Crippen LogP contribution in [-0.4, -0.2) is 107 Å². The van der Waals surface area contributed by atoms with Crippen molar-refractivity contribution < 1.29 is 27.4 Å². The number of thiocarbonyl (C=S) groups is 2. The molecule has 1 aliphatic carbocycles. The minimum atomic E-state index is -4.50. The van der Waals surface area contributed by atoms with E-state index >= 15 is 0 Å². The molecule has 3 fully saturated rings. The van der Waals surface area contributed by atoms with Gasteiger partial charge in [0.2, 0.25) is 5.91 Å². The van der Waals surface area contributed by atoms with Crippen LogP contribution in [-0.2, 0) is 33.4 Å². The van der Waals surface area contributed by atoms with Crippen molar-refractivity contribution in [1.29, 1.82) is 0 Å². The molecule has 5 rings (SSSR count). The number of nitrogens with one attached hydrogen (secondary N) is 2. The number of amides is 1. The molecule has 9 nitrogen and oxygen atoms in total. The molecule has 2 N–H and O–H groups in total. The summed E-state index contributed by atoms with van der Waals surface area (Å²) in [5.41, 5.74) is -0.499. The molecule has 5 atom stereocenters. The van der Waals surface area contributed by atoms with Crippen molar-refractivity contribution in [2.45, 2.75) is 84.3 Å². The Morgan fingerprint density at radius 2 is 1.91 bits per heavy atom. The summed E-state index contributed by atoms with van der Waals surface area (Å²) < 4.78 is 52.4. The molecule has 2 unspecified atom stereocenters. The summed E-state index contributed by atoms with van der Waals surface area (Å²) in [6.07, 6.45) is -1.34. The molecule has 14 heteroatoms. The third-order valence-corrected chi connectivity index (χ3v) is 10.9. The predicted octanol–water partition coefficient (Wildman–Crippen LogP) is 4.23. The maximum atomic E-state index is 14.9. The lowest BCUT2D eigenvalue weighted by Crippen LogP contribution is -2.59. The van der Waals surface area contributed by atoms with Gasteiger partial charge in [-0.1, -0.05) is 27.7 Å². The number of carbonyl (C=O) groups is 1. The van der Waals surface area contributed by atoms with E-state index in [1.54, 1.807) is 12.0 Å². The fraction of sp³-hybridized carbons (Fsp3) is 0.758. The molecule has 1 saturated carbocycles. The Morgan fingerprint density at radius 3 is 2.60 bits per heavy atom. The zero-order valence-corrected chi connectivity index (χ0v) is 29.7. The maximum Gasteiger partial charge on any atom is 0.417 e. The normalized spacial score (nSPS) is 27.5. The highest BCUT2D eigenvalue weighted by Gasteiger charge is 2.61. The molecule has 47 heavy (non-hydrogen) atoms. The monoisotopic (exact) mass is 698 g/mol. The number of ether oxygens (including phenoxy) is 2. The highest BCUT2D eigenvalue weighted by Crippen LogP contribution is 2.52. The number of carbonyl (C=O) groups excluding carboxylic acids is 1. The molecule has 1 aromatic rings. The first-order chi connectivity index (χ1) is 22.2. The molecule has 0 bridgehead atoms. The van der Waals surface area contributed by atoms with Gasteiger partial charge < -0.3 is 34.8 Å². The van der Waals surface area contributed by atoms with E-state index in [0.29, 0.717) is 79.0 Å². The van der Waals surface area contributed by atoms with E-state index in [1.165, 1.54) is 0 Å². The lowest BCUT2D eigenvalue weighted by molar-refractivity contribution is -0.144. The molecule has 262 valence electrons. The zero-order valence-electron chi connectivity index (χ0n) is 28.1. The number of pyridine rings is 1. The summed E-state index contributed by atoms with van der Waals surface area (Å²) in [5, 5.41) is 8.14. The fourth-order valence-electron chi connectivity index (χ4n) is 7.72. The first-order valence-electron chi connectivity index (χ1n) is 16.8. The number of halogens is 3. The quantitative estimate of drug-likeness (QED) is 0.385. The van der Waals surface area contributed by atoms with Crippen LogP contribution in [0.3, 0.4) is 0 Å². The number of rotatable bonds is 8. The van der Waals surface area contributed by atoms with Crippen LogP contribution in [0.4, 0.5) is 13.2 Å². The van der Waals surface area contributed by atoms with Gasteiger partial charge in [-0.15, -0.1) is 0 Å². The Bertz CT molecular complexity index is 1320. The summed E-state index contributed by atoms with van der Waals surface area (Å²) in [6.45, 7) is 12.6. The molecule has 1 amide bonds. The van der Waals surface area contributed by atoms with E-state index < -0.39 is 17.2 Å². The molecular weight excluding hydrogens is 650 g/mol. The summed E-state index contributed by atoms with van der Waals surface area (Å²) in [6, 6.07) is 1.10. The highest BCUT2D eigenvalue weighted by molar-refractivity contribution is 7.80. The van der Waals surface area contributed by atoms with E-state index in [0.717, 1.165) is 38.2 Å². The van der Waals surface area contributed by atoms with Gasteiger partial charge in [-0.3, -0.25) is 9.78 Å². The van der Waals surface area contributed by atoms with Gasteiger partial charge in [-0.25, -0.2) is 0 Å². The van der Waals surface area contributed by atoms with E-state index in [4.69, 9.17) is 33.9 Å². The van der Waals surface area contributed by atoms with Crippen molar-refractivity contribution in [2.75, 3.05) is 53.0 Å². The number of fused-ring (bicyclic) bond motifs is 2. The molecule has 0 radical (unpaired) electrons. The first-order valence-corrected chi connectivity index (χ1v) is 17.6. The Kier molecular flexibility index (Phi) is 11.2. The van der Waals surface area contributed by atoms with Crippen LogP contribution in [0.1, 0.15) is 63.8 Å². The molecule has 0 spiro atoms. The number of likely N-dealkylation sites (tertiary alicyclic amines) is 1. The molecule has 0 aromatic carbocycles. The second kappa shape index (κ2) is 14.7. The predicted molar refractivity (Wildman–Crippen MR) is 182 cm³/mol. The van der Waals surface area contributed by atoms with Gasteiger partial charge in [0, 0.05) is 77.3 Å². The number of methoxy groups -OCH3 is 1. The standard InChI is InChI=1S/C33H49F3N6O3S2/c1-20(2)13-38-30(46)41-17-24-11-25(42(31(47)39-14-21(3)4)27-7-9-45-18-28(27)44-5)12-32(24,19-41)29(43)40-8-6-26-22(16-40)10-23(15-37-26)33(34,35)36/h10,15,20-21,24-25,27-28H,6-9,11-14,16-19H2,1-5H3,(H,38,46)(H,39,47)/t24-,25+,27?,28?,32-/m0/s1. The fourth-order valence-corrected chi connectivity index (χ4v) is 8.31. The minimum absolute atomic E-state index is 0.0175. The van der Waals surface area contributed by atoms with Crippen molar-refractivity contribution in [1.82, 2.24) is 30.3 Å². The number of hydrogen-bond donors (Lipinski definition) is 2. The van der Waals surface area contributed by atoms with Gasteiger partial charge >= 0.3 is 6.18 Å². The smallest absolute Gasteiger partial charge is 0.379 e. The van der Waals surface area contributed by atoms with Gasteiger partial charge in [0.15, 0.2) is 10.2 Å². The molecular formula is C33H49F3N6O3S2. The van der Waals surface area contributed by atoms with Crippen LogP contribution in [0, 0.1) is 23.2 Å². The second-order valence-corrected chi connectivity index (χ2v) is 15.2. The number of aromatic nitrogens is 1. The maximum absolute atomic E-state index is 14.9. The minimum Gasteiger partial charge on any atom is -0.379 e. The third-order valence-electron chi connectivity index (χ3n) is 10.1. The Morgan fingerprint density at radius 1 is 1.19 bits per heavy atom. The van der Waals surface area contributed by atoms with Crippen LogP contribution >= 0.6 is 24.4 Å². The number of alkyl halides is 3. The molecule has 4 aliphatic rings. The van der Waals surface area contributed by atoms with Crippen LogP contribution in [0.25, 0.3) is 0 Å². The molecule has 1 aromatic heterocycles. The van der Waals surface area contributed by atoms with E-state index in [1.807, 2.05) is 0 Å². The van der Waals surface area contributed by atoms with Gasteiger partial charge in [0.25, 0.3) is 0 Å². The Labute approximate surface area is 287 Å². The first kappa shape index (κ1) is 36.0. The number of nitrogens with zero attached hydrogens (tertiary/aromatic N) is 4. The zero-order chi connectivity index (χ0) is 34.1. The lowest BCUT2D eigenvalue weighted by atomic mass is 9.78. The Balaban J connectivity index is 1.45. The van der Waals surface area contributed by atoms with E-state index in [9.17, 15) is 18.0 Å². The van der Waals surface area contributed by atoms with Crippen molar-refractivity contribution in [2.24, 2.45) is 23.2 Å². The summed E-state index contributed by atoms with van der Waals surface area (Å²) in [4.78, 5) is 25.1. The molecule has 2 saturated heterocycles. The average Bonchev–Trinajstić information content (AvgIpc) is 3.57. The lowest BCUT2D eigenvalue weighted by Gasteiger charge is -2.45. The molecule has 3 aliphatic heterocycles. The second-order valence-electron chi connectivity index (χ2n) is 14.4. The SMILES string of the molecule is COC1COCCC1N(C(=S)NCC(C)C)[C@@H]1C[C@H]2CN(C(=S)NCC(C)C)C[C@@]2(C(=O)N2CCc3ncc(C(F)(F)F)cc3C2)C1. The van der Waals surface area contributed by atoms with Gasteiger partial charge in [-0.2, -0.15) is 13.2 Å². The van der Waals surface area contributed by atoms with E-state index in [2.05, 4.69) is 53.1 Å². The molecule has 4 heterocycles.